The maximum atomic E-state index is 13.9. The number of aromatic nitrogens is 5. The third-order valence-electron chi connectivity index (χ3n) is 9.80. The largest absolute Gasteiger partial charge is 0.481 e. The lowest BCUT2D eigenvalue weighted by molar-refractivity contribution is -0.144. The SMILES string of the molecule is COc1nc(-c2cccc(-c3cccc(Nc4nc(C(F)(F)F)nc5c4c(=O)n(C)c(=O)n5C)c3C)c2Cl)cc2c1C(NC1CCOCC1O)CC2. The highest BCUT2D eigenvalue weighted by atomic mass is 35.5. The van der Waals surface area contributed by atoms with Crippen molar-refractivity contribution < 1.29 is 27.8 Å². The monoisotopic (exact) mass is 737 g/mol. The summed E-state index contributed by atoms with van der Waals surface area (Å²) in [6.07, 6.45) is -3.28. The fraction of sp³-hybridized carbons (Fsp3) is 0.361. The molecule has 1 aliphatic heterocycles. The number of ether oxygens (including phenoxy) is 2. The maximum Gasteiger partial charge on any atom is 0.451 e. The Bertz CT molecular complexity index is 2350. The fourth-order valence-corrected chi connectivity index (χ4v) is 7.37. The molecule has 16 heteroatoms. The van der Waals surface area contributed by atoms with Crippen LogP contribution < -0.4 is 26.6 Å². The van der Waals surface area contributed by atoms with Crippen molar-refractivity contribution in [3.05, 3.63) is 90.8 Å². The maximum absolute atomic E-state index is 13.9. The molecule has 4 heterocycles. The van der Waals surface area contributed by atoms with Crippen LogP contribution in [0.4, 0.5) is 24.7 Å². The van der Waals surface area contributed by atoms with Crippen LogP contribution >= 0.6 is 11.6 Å². The van der Waals surface area contributed by atoms with Crippen LogP contribution in [0.3, 0.4) is 0 Å². The third kappa shape index (κ3) is 6.21. The highest BCUT2D eigenvalue weighted by Crippen LogP contribution is 2.43. The van der Waals surface area contributed by atoms with Gasteiger partial charge in [-0.2, -0.15) is 13.2 Å². The number of fused-ring (bicyclic) bond motifs is 2. The first-order chi connectivity index (χ1) is 24.8. The van der Waals surface area contributed by atoms with Crippen LogP contribution in [0.15, 0.2) is 52.1 Å². The second-order valence-corrected chi connectivity index (χ2v) is 13.3. The van der Waals surface area contributed by atoms with Gasteiger partial charge in [-0.05, 0) is 55.0 Å². The van der Waals surface area contributed by atoms with Gasteiger partial charge in [0, 0.05) is 55.2 Å². The van der Waals surface area contributed by atoms with Gasteiger partial charge >= 0.3 is 11.9 Å². The predicted octanol–water partition coefficient (Wildman–Crippen LogP) is 5.22. The number of aryl methyl sites for hydroxylation is 2. The van der Waals surface area contributed by atoms with Crippen molar-refractivity contribution in [2.45, 2.75) is 50.6 Å². The molecule has 52 heavy (non-hydrogen) atoms. The van der Waals surface area contributed by atoms with E-state index < -0.39 is 40.8 Å². The summed E-state index contributed by atoms with van der Waals surface area (Å²) in [5, 5.41) is 17.1. The summed E-state index contributed by atoms with van der Waals surface area (Å²) in [5.41, 5.74) is 3.39. The van der Waals surface area contributed by atoms with Gasteiger partial charge in [-0.15, -0.1) is 0 Å². The number of aliphatic hydroxyl groups excluding tert-OH is 1. The summed E-state index contributed by atoms with van der Waals surface area (Å²) in [6, 6.07) is 12.5. The summed E-state index contributed by atoms with van der Waals surface area (Å²) < 4.78 is 54.6. The lowest BCUT2D eigenvalue weighted by Crippen LogP contribution is -2.47. The Kier molecular flexibility index (Phi) is 9.31. The first-order valence-corrected chi connectivity index (χ1v) is 17.0. The van der Waals surface area contributed by atoms with Crippen LogP contribution in [-0.2, 0) is 31.4 Å². The number of pyridine rings is 1. The lowest BCUT2D eigenvalue weighted by atomic mass is 9.96. The minimum Gasteiger partial charge on any atom is -0.481 e. The van der Waals surface area contributed by atoms with E-state index >= 15 is 0 Å². The first-order valence-electron chi connectivity index (χ1n) is 16.6. The minimum absolute atomic E-state index is 0.0479. The summed E-state index contributed by atoms with van der Waals surface area (Å²) >= 11 is 7.13. The number of benzene rings is 2. The molecule has 1 aliphatic carbocycles. The van der Waals surface area contributed by atoms with Crippen molar-refractivity contribution in [3.63, 3.8) is 0 Å². The number of methoxy groups -OCH3 is 1. The molecular formula is C36H35ClF3N7O5. The summed E-state index contributed by atoms with van der Waals surface area (Å²) in [7, 11) is 4.03. The molecule has 0 saturated carbocycles. The summed E-state index contributed by atoms with van der Waals surface area (Å²) in [5.74, 6) is -1.44. The third-order valence-corrected chi connectivity index (χ3v) is 10.2. The zero-order chi connectivity index (χ0) is 37.1. The number of nitrogens with one attached hydrogen (secondary N) is 2. The zero-order valence-electron chi connectivity index (χ0n) is 28.6. The second-order valence-electron chi connectivity index (χ2n) is 13.0. The molecule has 3 unspecified atom stereocenters. The number of aliphatic hydroxyl groups is 1. The number of nitrogens with zero attached hydrogens (tertiary/aromatic N) is 5. The molecule has 2 aliphatic rings. The Labute approximate surface area is 300 Å². The molecule has 12 nitrogen and oxygen atoms in total. The van der Waals surface area contributed by atoms with E-state index in [4.69, 9.17) is 26.1 Å². The Balaban J connectivity index is 1.27. The van der Waals surface area contributed by atoms with Gasteiger partial charge in [-0.3, -0.25) is 13.9 Å². The van der Waals surface area contributed by atoms with E-state index in [1.54, 1.807) is 26.2 Å². The smallest absolute Gasteiger partial charge is 0.451 e. The van der Waals surface area contributed by atoms with Gasteiger partial charge < -0.3 is 25.2 Å². The topological polar surface area (TPSA) is 145 Å². The Morgan fingerprint density at radius 3 is 2.48 bits per heavy atom. The van der Waals surface area contributed by atoms with Gasteiger partial charge in [-0.25, -0.2) is 19.7 Å². The molecule has 1 fully saturated rings. The Morgan fingerprint density at radius 2 is 1.75 bits per heavy atom. The van der Waals surface area contributed by atoms with Crippen molar-refractivity contribution in [3.8, 4) is 28.3 Å². The van der Waals surface area contributed by atoms with Gasteiger partial charge in [0.2, 0.25) is 11.7 Å². The number of hydrogen-bond donors (Lipinski definition) is 3. The minimum atomic E-state index is -4.95. The molecule has 5 aromatic rings. The molecular weight excluding hydrogens is 703 g/mol. The lowest BCUT2D eigenvalue weighted by Gasteiger charge is -2.31. The number of anilines is 2. The van der Waals surface area contributed by atoms with Crippen molar-refractivity contribution in [1.29, 1.82) is 0 Å². The highest BCUT2D eigenvalue weighted by Gasteiger charge is 2.37. The molecule has 2 aromatic carbocycles. The highest BCUT2D eigenvalue weighted by molar-refractivity contribution is 6.36. The molecule has 0 bridgehead atoms. The van der Waals surface area contributed by atoms with Gasteiger partial charge in [-0.1, -0.05) is 41.9 Å². The molecule has 0 amide bonds. The van der Waals surface area contributed by atoms with Crippen LogP contribution in [0.25, 0.3) is 33.4 Å². The van der Waals surface area contributed by atoms with Crippen LogP contribution in [-0.4, -0.2) is 61.7 Å². The molecule has 7 rings (SSSR count). The van der Waals surface area contributed by atoms with Gasteiger partial charge in [0.05, 0.1) is 30.5 Å². The number of hydrogen-bond acceptors (Lipinski definition) is 10. The van der Waals surface area contributed by atoms with Crippen LogP contribution in [0.2, 0.25) is 5.02 Å². The Hall–Kier alpha value is -4.83. The van der Waals surface area contributed by atoms with E-state index in [9.17, 15) is 27.9 Å². The van der Waals surface area contributed by atoms with Crippen LogP contribution in [0.1, 0.15) is 41.4 Å². The number of halogens is 4. The zero-order valence-corrected chi connectivity index (χ0v) is 29.4. The molecule has 3 N–H and O–H groups in total. The average Bonchev–Trinajstić information content (AvgIpc) is 3.53. The predicted molar refractivity (Wildman–Crippen MR) is 189 cm³/mol. The van der Waals surface area contributed by atoms with Crippen molar-refractivity contribution in [2.75, 3.05) is 25.6 Å². The summed E-state index contributed by atoms with van der Waals surface area (Å²) in [4.78, 5) is 37.9. The van der Waals surface area contributed by atoms with Crippen molar-refractivity contribution in [1.82, 2.24) is 29.4 Å². The van der Waals surface area contributed by atoms with E-state index in [0.717, 1.165) is 33.1 Å². The molecule has 272 valence electrons. The quantitative estimate of drug-likeness (QED) is 0.204. The standard InChI is InChI=1S/C36H35ClF3N7O5/c1-17-19(7-6-10-22(17)42-30-28-31(45-34(44-30)36(38,39)40)46(2)35(50)47(3)33(28)49)20-8-5-9-21(29(20)37)25-15-18-11-12-24(27(18)32(43-25)51-4)41-23-13-14-52-16-26(23)48/h5-10,15,23-24,26,41,48H,11-14,16H2,1-4H3,(H,42,44,45). The normalized spacial score (nSPS) is 18.8. The number of rotatable bonds is 7. The van der Waals surface area contributed by atoms with Crippen LogP contribution in [0.5, 0.6) is 5.88 Å². The van der Waals surface area contributed by atoms with Crippen molar-refractivity contribution >= 4 is 34.1 Å². The van der Waals surface area contributed by atoms with E-state index in [0.29, 0.717) is 57.6 Å². The Morgan fingerprint density at radius 1 is 1.02 bits per heavy atom. The van der Waals surface area contributed by atoms with E-state index in [1.165, 1.54) is 14.1 Å². The summed E-state index contributed by atoms with van der Waals surface area (Å²) in [6.45, 7) is 2.63. The molecule has 0 spiro atoms. The molecule has 3 atom stereocenters. The van der Waals surface area contributed by atoms with Crippen molar-refractivity contribution in [2.24, 2.45) is 14.1 Å². The first kappa shape index (κ1) is 35.6. The van der Waals surface area contributed by atoms with Gasteiger partial charge in [0.15, 0.2) is 5.65 Å². The van der Waals surface area contributed by atoms with E-state index in [2.05, 4.69) is 20.6 Å². The number of alkyl halides is 3. The molecule has 1 saturated heterocycles. The van der Waals surface area contributed by atoms with Gasteiger partial charge in [0.25, 0.3) is 5.56 Å². The second kappa shape index (κ2) is 13.6. The van der Waals surface area contributed by atoms with Crippen LogP contribution in [0, 0.1) is 6.92 Å². The van der Waals surface area contributed by atoms with Gasteiger partial charge in [0.1, 0.15) is 11.2 Å². The fourth-order valence-electron chi connectivity index (χ4n) is 7.05. The van der Waals surface area contributed by atoms with E-state index in [-0.39, 0.29) is 24.1 Å². The molecule has 3 aromatic heterocycles. The average molecular weight is 738 g/mol. The van der Waals surface area contributed by atoms with E-state index in [1.807, 2.05) is 30.3 Å². The molecule has 0 radical (unpaired) electrons.